The fourth-order valence-corrected chi connectivity index (χ4v) is 2.51. The number of benzene rings is 1. The molecule has 0 amide bonds. The molecule has 2 aromatic rings. The predicted octanol–water partition coefficient (Wildman–Crippen LogP) is 3.35. The topological polar surface area (TPSA) is 34.1 Å². The van der Waals surface area contributed by atoms with Gasteiger partial charge in [-0.25, -0.2) is 4.39 Å². The molecule has 0 aliphatic rings. The Bertz CT molecular complexity index is 628. The Balaban J connectivity index is 2.24. The van der Waals surface area contributed by atoms with Crippen LogP contribution in [0.4, 0.5) is 4.39 Å². The van der Waals surface area contributed by atoms with E-state index in [1.165, 1.54) is 13.2 Å². The molecule has 1 unspecified atom stereocenters. The van der Waals surface area contributed by atoms with E-state index in [9.17, 15) is 4.39 Å². The maximum atomic E-state index is 13.8. The number of aromatic nitrogens is 1. The van der Waals surface area contributed by atoms with Gasteiger partial charge in [0.25, 0.3) is 0 Å². The van der Waals surface area contributed by atoms with Gasteiger partial charge in [0.05, 0.1) is 7.11 Å². The van der Waals surface area contributed by atoms with Gasteiger partial charge >= 0.3 is 0 Å². The van der Waals surface area contributed by atoms with Gasteiger partial charge in [-0.3, -0.25) is 4.98 Å². The van der Waals surface area contributed by atoms with Crippen LogP contribution in [0.2, 0.25) is 0 Å². The van der Waals surface area contributed by atoms with E-state index in [-0.39, 0.29) is 17.6 Å². The Hall–Kier alpha value is -1.94. The molecule has 2 rings (SSSR count). The van der Waals surface area contributed by atoms with E-state index in [1.807, 2.05) is 33.0 Å². The van der Waals surface area contributed by atoms with Crippen LogP contribution in [0, 0.1) is 19.7 Å². The van der Waals surface area contributed by atoms with Gasteiger partial charge in [-0.05, 0) is 56.6 Å². The van der Waals surface area contributed by atoms with Crippen molar-refractivity contribution in [2.45, 2.75) is 26.3 Å². The molecule has 0 saturated heterocycles. The van der Waals surface area contributed by atoms with Crippen LogP contribution in [0.25, 0.3) is 0 Å². The van der Waals surface area contributed by atoms with Gasteiger partial charge in [0.15, 0.2) is 11.6 Å². The molecule has 1 heterocycles. The number of rotatable bonds is 5. The number of halogens is 1. The van der Waals surface area contributed by atoms with E-state index in [0.29, 0.717) is 6.42 Å². The van der Waals surface area contributed by atoms with Gasteiger partial charge in [0, 0.05) is 17.4 Å². The number of hydrogen-bond acceptors (Lipinski definition) is 3. The zero-order valence-corrected chi connectivity index (χ0v) is 12.9. The van der Waals surface area contributed by atoms with Crippen molar-refractivity contribution in [3.8, 4) is 5.75 Å². The Morgan fingerprint density at radius 3 is 2.57 bits per heavy atom. The second-order valence-corrected chi connectivity index (χ2v) is 5.14. The average Bonchev–Trinajstić information content (AvgIpc) is 2.45. The molecule has 0 aliphatic carbocycles. The van der Waals surface area contributed by atoms with E-state index in [2.05, 4.69) is 16.4 Å². The van der Waals surface area contributed by atoms with Crippen molar-refractivity contribution in [3.05, 3.63) is 58.7 Å². The normalized spacial score (nSPS) is 12.2. The molecule has 4 heteroatoms. The van der Waals surface area contributed by atoms with Crippen LogP contribution in [0.15, 0.2) is 30.3 Å². The fourth-order valence-electron chi connectivity index (χ4n) is 2.51. The molecule has 0 bridgehead atoms. The van der Waals surface area contributed by atoms with Gasteiger partial charge in [-0.2, -0.15) is 0 Å². The lowest BCUT2D eigenvalue weighted by atomic mass is 9.97. The van der Waals surface area contributed by atoms with Crippen molar-refractivity contribution in [1.82, 2.24) is 10.3 Å². The molecule has 0 fully saturated rings. The zero-order chi connectivity index (χ0) is 15.4. The Morgan fingerprint density at radius 1 is 1.24 bits per heavy atom. The molecular weight excluding hydrogens is 267 g/mol. The molecule has 0 radical (unpaired) electrons. The molecule has 0 saturated carbocycles. The summed E-state index contributed by atoms with van der Waals surface area (Å²) in [5.74, 6) is -0.0588. The van der Waals surface area contributed by atoms with Crippen molar-refractivity contribution in [3.63, 3.8) is 0 Å². The zero-order valence-electron chi connectivity index (χ0n) is 12.9. The molecule has 112 valence electrons. The quantitative estimate of drug-likeness (QED) is 0.916. The SMILES string of the molecule is CNC(Cc1ccc(OC)c(F)c1)c1ccc(C)nc1C. The lowest BCUT2D eigenvalue weighted by molar-refractivity contribution is 0.386. The average molecular weight is 288 g/mol. The first-order valence-electron chi connectivity index (χ1n) is 6.99. The fraction of sp³-hybridized carbons (Fsp3) is 0.353. The molecule has 21 heavy (non-hydrogen) atoms. The van der Waals surface area contributed by atoms with E-state index < -0.39 is 0 Å². The highest BCUT2D eigenvalue weighted by atomic mass is 19.1. The van der Waals surface area contributed by atoms with E-state index >= 15 is 0 Å². The van der Waals surface area contributed by atoms with E-state index in [0.717, 1.165) is 22.5 Å². The maximum Gasteiger partial charge on any atom is 0.165 e. The van der Waals surface area contributed by atoms with Crippen LogP contribution >= 0.6 is 0 Å². The first-order valence-corrected chi connectivity index (χ1v) is 6.99. The van der Waals surface area contributed by atoms with Crippen LogP contribution in [-0.4, -0.2) is 19.1 Å². The number of nitrogens with one attached hydrogen (secondary N) is 1. The smallest absolute Gasteiger partial charge is 0.165 e. The van der Waals surface area contributed by atoms with E-state index in [4.69, 9.17) is 4.74 Å². The van der Waals surface area contributed by atoms with Gasteiger partial charge in [-0.1, -0.05) is 12.1 Å². The summed E-state index contributed by atoms with van der Waals surface area (Å²) in [6.07, 6.45) is 0.697. The van der Waals surface area contributed by atoms with Crippen molar-refractivity contribution < 1.29 is 9.13 Å². The summed E-state index contributed by atoms with van der Waals surface area (Å²) in [6.45, 7) is 3.98. The molecule has 1 aromatic carbocycles. The molecular formula is C17H21FN2O. The number of nitrogens with zero attached hydrogens (tertiary/aromatic N) is 1. The number of pyridine rings is 1. The standard InChI is InChI=1S/C17H21FN2O/c1-11-5-7-14(12(2)20-11)16(19-3)10-13-6-8-17(21-4)15(18)9-13/h5-9,16,19H,10H2,1-4H3. The largest absolute Gasteiger partial charge is 0.494 e. The number of ether oxygens (including phenoxy) is 1. The van der Waals surface area contributed by atoms with Crippen LogP contribution < -0.4 is 10.1 Å². The molecule has 1 atom stereocenters. The predicted molar refractivity (Wildman–Crippen MR) is 82.2 cm³/mol. The van der Waals surface area contributed by atoms with Gasteiger partial charge in [-0.15, -0.1) is 0 Å². The third-order valence-corrected chi connectivity index (χ3v) is 3.65. The lowest BCUT2D eigenvalue weighted by Crippen LogP contribution is -2.20. The Labute approximate surface area is 125 Å². The summed E-state index contributed by atoms with van der Waals surface area (Å²) in [6, 6.07) is 9.27. The minimum absolute atomic E-state index is 0.103. The third kappa shape index (κ3) is 3.58. The summed E-state index contributed by atoms with van der Waals surface area (Å²) >= 11 is 0. The molecule has 1 N–H and O–H groups in total. The number of aryl methyl sites for hydroxylation is 2. The second kappa shape index (κ2) is 6.68. The van der Waals surface area contributed by atoms with Crippen molar-refractivity contribution in [2.75, 3.05) is 14.2 Å². The van der Waals surface area contributed by atoms with Crippen LogP contribution in [0.3, 0.4) is 0 Å². The highest BCUT2D eigenvalue weighted by Gasteiger charge is 2.14. The van der Waals surface area contributed by atoms with Crippen LogP contribution in [0.1, 0.15) is 28.6 Å². The second-order valence-electron chi connectivity index (χ2n) is 5.14. The first-order chi connectivity index (χ1) is 10.0. The number of likely N-dealkylation sites (N-methyl/N-ethyl adjacent to an activating group) is 1. The molecule has 1 aromatic heterocycles. The highest BCUT2D eigenvalue weighted by Crippen LogP contribution is 2.24. The van der Waals surface area contributed by atoms with Crippen molar-refractivity contribution in [1.29, 1.82) is 0 Å². The number of hydrogen-bond donors (Lipinski definition) is 1. The Morgan fingerprint density at radius 2 is 2.00 bits per heavy atom. The molecule has 0 spiro atoms. The molecule has 0 aliphatic heterocycles. The summed E-state index contributed by atoms with van der Waals surface area (Å²) in [7, 11) is 3.37. The van der Waals surface area contributed by atoms with Gasteiger partial charge < -0.3 is 10.1 Å². The lowest BCUT2D eigenvalue weighted by Gasteiger charge is -2.19. The van der Waals surface area contributed by atoms with Crippen molar-refractivity contribution >= 4 is 0 Å². The third-order valence-electron chi connectivity index (χ3n) is 3.65. The number of methoxy groups -OCH3 is 1. The first kappa shape index (κ1) is 15.4. The summed E-state index contributed by atoms with van der Waals surface area (Å²) in [5, 5.41) is 3.28. The minimum Gasteiger partial charge on any atom is -0.494 e. The summed E-state index contributed by atoms with van der Waals surface area (Å²) in [4.78, 5) is 4.49. The molecule has 3 nitrogen and oxygen atoms in total. The highest BCUT2D eigenvalue weighted by molar-refractivity contribution is 5.32. The van der Waals surface area contributed by atoms with Crippen molar-refractivity contribution in [2.24, 2.45) is 0 Å². The maximum absolute atomic E-state index is 13.8. The summed E-state index contributed by atoms with van der Waals surface area (Å²) < 4.78 is 18.7. The van der Waals surface area contributed by atoms with Gasteiger partial charge in [0.2, 0.25) is 0 Å². The van der Waals surface area contributed by atoms with Gasteiger partial charge in [0.1, 0.15) is 0 Å². The monoisotopic (exact) mass is 288 g/mol. The Kier molecular flexibility index (Phi) is 4.91. The van der Waals surface area contributed by atoms with Crippen LogP contribution in [0.5, 0.6) is 5.75 Å². The summed E-state index contributed by atoms with van der Waals surface area (Å²) in [5.41, 5.74) is 4.07. The van der Waals surface area contributed by atoms with Crippen LogP contribution in [-0.2, 0) is 6.42 Å². The van der Waals surface area contributed by atoms with E-state index in [1.54, 1.807) is 6.07 Å². The minimum atomic E-state index is -0.330.